The van der Waals surface area contributed by atoms with Crippen LogP contribution in [0.25, 0.3) is 21.9 Å². The number of hydrogen-bond donors (Lipinski definition) is 3. The lowest BCUT2D eigenvalue weighted by Gasteiger charge is -2.32. The number of nitrogen functional groups attached to an aromatic ring is 1. The molecular formula is C29H35FN7O7P. The summed E-state index contributed by atoms with van der Waals surface area (Å²) in [6.45, 7) is 5.93. The van der Waals surface area contributed by atoms with Gasteiger partial charge in [-0.05, 0) is 39.1 Å². The Hall–Kier alpha value is -3.88. The van der Waals surface area contributed by atoms with Crippen molar-refractivity contribution < 1.29 is 37.4 Å². The molecule has 240 valence electrons. The van der Waals surface area contributed by atoms with E-state index in [4.69, 9.17) is 24.3 Å². The van der Waals surface area contributed by atoms with Crippen LogP contribution in [0.3, 0.4) is 0 Å². The Labute approximate surface area is 258 Å². The number of esters is 1. The third-order valence-corrected chi connectivity index (χ3v) is 9.58. The normalized spacial score (nSPS) is 27.7. The fourth-order valence-electron chi connectivity index (χ4n) is 5.63. The average molecular weight is 644 g/mol. The number of imidazole rings is 1. The molecule has 1 aliphatic carbocycles. The molecule has 16 heteroatoms. The van der Waals surface area contributed by atoms with Crippen LogP contribution in [-0.2, 0) is 23.4 Å². The number of aliphatic hydroxyl groups is 1. The van der Waals surface area contributed by atoms with Crippen molar-refractivity contribution in [2.75, 3.05) is 24.7 Å². The number of rotatable bonds is 10. The minimum Gasteiger partial charge on any atom is -0.462 e. The maximum Gasteiger partial charge on any atom is 0.459 e. The first-order valence-corrected chi connectivity index (χ1v) is 15.9. The second-order valence-corrected chi connectivity index (χ2v) is 13.5. The summed E-state index contributed by atoms with van der Waals surface area (Å²) >= 11 is 0. The summed E-state index contributed by atoms with van der Waals surface area (Å²) in [7, 11) is -1.01. The number of carbonyl (C=O) groups excluding carboxylic acids is 1. The topological polar surface area (TPSA) is 176 Å². The summed E-state index contributed by atoms with van der Waals surface area (Å²) < 4.78 is 55.5. The summed E-state index contributed by atoms with van der Waals surface area (Å²) in [6, 6.07) is 11.2. The van der Waals surface area contributed by atoms with Crippen molar-refractivity contribution >= 4 is 47.4 Å². The van der Waals surface area contributed by atoms with Gasteiger partial charge in [-0.15, -0.1) is 0 Å². The lowest BCUT2D eigenvalue weighted by atomic mass is 9.97. The number of alkyl halides is 1. The molecule has 7 atom stereocenters. The van der Waals surface area contributed by atoms with E-state index in [0.717, 1.165) is 12.3 Å². The molecule has 2 aromatic carbocycles. The monoisotopic (exact) mass is 643 g/mol. The van der Waals surface area contributed by atoms with E-state index in [2.05, 4.69) is 20.0 Å². The van der Waals surface area contributed by atoms with Gasteiger partial charge in [-0.3, -0.25) is 13.9 Å². The van der Waals surface area contributed by atoms with Crippen LogP contribution < -0.4 is 20.2 Å². The molecule has 2 aliphatic rings. The minimum absolute atomic E-state index is 0.0562. The molecule has 1 saturated heterocycles. The average Bonchev–Trinajstić information content (AvgIpc) is 3.21. The van der Waals surface area contributed by atoms with E-state index in [9.17, 15) is 14.5 Å². The van der Waals surface area contributed by atoms with Crippen LogP contribution in [0.4, 0.5) is 16.2 Å². The zero-order chi connectivity index (χ0) is 32.5. The first-order chi connectivity index (χ1) is 21.2. The van der Waals surface area contributed by atoms with Gasteiger partial charge >= 0.3 is 13.7 Å². The van der Waals surface area contributed by atoms with Gasteiger partial charge in [0, 0.05) is 19.5 Å². The maximum atomic E-state index is 16.7. The number of nitrogens with one attached hydrogen (secondary N) is 1. The molecule has 0 bridgehead atoms. The fourth-order valence-corrected chi connectivity index (χ4v) is 7.36. The standard InChI is InChI=1S/C29H35FN7O7P/c1-15(2)41-25(38)16(3)35-45(40,43-19-13-9-11-17-10-7-8-12-18(17)19)44-22-21-29(22,39)28(4,30)26(42-21)37-14-32-20-23(36(5)6)33-27(31)34-24(20)37/h7-16,21-22,26,39H,1-6H3,(H,35,40)(H2,31,33,34)/t16-,21+,22?,26+,28-,29-,45+/m0/s1. The van der Waals surface area contributed by atoms with E-state index >= 15 is 4.39 Å². The third kappa shape index (κ3) is 5.18. The van der Waals surface area contributed by atoms with E-state index in [1.165, 1.54) is 17.8 Å². The smallest absolute Gasteiger partial charge is 0.459 e. The van der Waals surface area contributed by atoms with Crippen molar-refractivity contribution in [2.45, 2.75) is 69.5 Å². The molecule has 2 aromatic heterocycles. The number of benzene rings is 2. The molecule has 0 radical (unpaired) electrons. The number of nitrogens with zero attached hydrogens (tertiary/aromatic N) is 5. The van der Waals surface area contributed by atoms with E-state index in [0.29, 0.717) is 16.7 Å². The van der Waals surface area contributed by atoms with Gasteiger partial charge in [0.2, 0.25) is 5.95 Å². The van der Waals surface area contributed by atoms with Gasteiger partial charge in [-0.25, -0.2) is 13.9 Å². The molecule has 0 spiro atoms. The van der Waals surface area contributed by atoms with Gasteiger partial charge in [0.1, 0.15) is 24.0 Å². The lowest BCUT2D eigenvalue weighted by Crippen LogP contribution is -2.45. The molecule has 4 aromatic rings. The van der Waals surface area contributed by atoms with Crippen LogP contribution in [0.1, 0.15) is 33.9 Å². The highest BCUT2D eigenvalue weighted by molar-refractivity contribution is 7.52. The van der Waals surface area contributed by atoms with E-state index in [-0.39, 0.29) is 17.3 Å². The Morgan fingerprint density at radius 3 is 2.58 bits per heavy atom. The molecule has 4 N–H and O–H groups in total. The van der Waals surface area contributed by atoms with Gasteiger partial charge in [-0.2, -0.15) is 15.1 Å². The number of fused-ring (bicyclic) bond motifs is 3. The van der Waals surface area contributed by atoms with Crippen molar-refractivity contribution in [1.82, 2.24) is 24.6 Å². The number of hydrogen-bond acceptors (Lipinski definition) is 12. The van der Waals surface area contributed by atoms with E-state index < -0.39 is 55.6 Å². The second kappa shape index (κ2) is 10.9. The van der Waals surface area contributed by atoms with Gasteiger partial charge in [0.25, 0.3) is 0 Å². The van der Waals surface area contributed by atoms with Crippen molar-refractivity contribution in [1.29, 1.82) is 0 Å². The Kier molecular flexibility index (Phi) is 7.52. The Balaban J connectivity index is 1.30. The summed E-state index contributed by atoms with van der Waals surface area (Å²) in [6.07, 6.45) is -3.19. The molecule has 2 fully saturated rings. The highest BCUT2D eigenvalue weighted by Crippen LogP contribution is 2.66. The van der Waals surface area contributed by atoms with Gasteiger partial charge < -0.3 is 29.7 Å². The van der Waals surface area contributed by atoms with Crippen molar-refractivity contribution in [2.24, 2.45) is 0 Å². The highest BCUT2D eigenvalue weighted by atomic mass is 31.2. The van der Waals surface area contributed by atoms with Gasteiger partial charge in [-0.1, -0.05) is 36.4 Å². The van der Waals surface area contributed by atoms with Crippen molar-refractivity contribution in [3.63, 3.8) is 0 Å². The molecule has 6 rings (SSSR count). The van der Waals surface area contributed by atoms with Crippen molar-refractivity contribution in [3.05, 3.63) is 48.8 Å². The SMILES string of the molecule is CC(C)OC(=O)[C@H](C)N[P@@](=O)(Oc1cccc2ccccc12)OC1[C@H]2O[C@@H](n3cnc4c(N(C)C)nc(N)nc43)[C@](C)(F)[C@@]12O. The molecule has 1 unspecified atom stereocenters. The van der Waals surface area contributed by atoms with Crippen LogP contribution in [-0.4, -0.2) is 80.3 Å². The van der Waals surface area contributed by atoms with Gasteiger partial charge in [0.05, 0.1) is 12.4 Å². The fraction of sp³-hybridized carbons (Fsp3) is 0.448. The van der Waals surface area contributed by atoms with E-state index in [1.54, 1.807) is 57.1 Å². The summed E-state index contributed by atoms with van der Waals surface area (Å²) in [5.74, 6) is -0.157. The summed E-state index contributed by atoms with van der Waals surface area (Å²) in [4.78, 5) is 27.1. The molecule has 3 heterocycles. The first kappa shape index (κ1) is 31.1. The number of ether oxygens (including phenoxy) is 2. The number of halogens is 1. The quantitative estimate of drug-likeness (QED) is 0.169. The lowest BCUT2D eigenvalue weighted by molar-refractivity contribution is -0.149. The van der Waals surface area contributed by atoms with Crippen molar-refractivity contribution in [3.8, 4) is 5.75 Å². The summed E-state index contributed by atoms with van der Waals surface area (Å²) in [5, 5.41) is 15.7. The van der Waals surface area contributed by atoms with E-state index in [1.807, 2.05) is 18.2 Å². The molecule has 1 aliphatic heterocycles. The predicted octanol–water partition coefficient (Wildman–Crippen LogP) is 3.50. The predicted molar refractivity (Wildman–Crippen MR) is 163 cm³/mol. The molecule has 1 saturated carbocycles. The zero-order valence-corrected chi connectivity index (χ0v) is 26.4. The maximum absolute atomic E-state index is 16.7. The highest BCUT2D eigenvalue weighted by Gasteiger charge is 2.85. The first-order valence-electron chi connectivity index (χ1n) is 14.3. The molecular weight excluding hydrogens is 608 g/mol. The molecule has 14 nitrogen and oxygen atoms in total. The Morgan fingerprint density at radius 2 is 1.91 bits per heavy atom. The van der Waals surface area contributed by atoms with Crippen LogP contribution in [0.15, 0.2) is 48.8 Å². The zero-order valence-electron chi connectivity index (χ0n) is 25.5. The van der Waals surface area contributed by atoms with Crippen LogP contribution in [0, 0.1) is 0 Å². The summed E-state index contributed by atoms with van der Waals surface area (Å²) in [5.41, 5.74) is 1.72. The van der Waals surface area contributed by atoms with Crippen LogP contribution >= 0.6 is 7.75 Å². The molecule has 0 amide bonds. The Bertz CT molecular complexity index is 1830. The number of anilines is 2. The minimum atomic E-state index is -4.51. The van der Waals surface area contributed by atoms with Crippen LogP contribution in [0.2, 0.25) is 0 Å². The number of aromatic nitrogens is 4. The third-order valence-electron chi connectivity index (χ3n) is 7.93. The second-order valence-electron chi connectivity index (χ2n) is 11.9. The Morgan fingerprint density at radius 1 is 1.20 bits per heavy atom. The number of carbonyl (C=O) groups is 1. The van der Waals surface area contributed by atoms with Crippen LogP contribution in [0.5, 0.6) is 5.75 Å². The molecule has 45 heavy (non-hydrogen) atoms. The van der Waals surface area contributed by atoms with Gasteiger partial charge in [0.15, 0.2) is 34.5 Å². The largest absolute Gasteiger partial charge is 0.462 e. The number of nitrogens with two attached hydrogens (primary N) is 1.